The molecule has 3 atom stereocenters. The van der Waals surface area contributed by atoms with Gasteiger partial charge in [0.2, 0.25) is 0 Å². The van der Waals surface area contributed by atoms with Crippen LogP contribution < -0.4 is 4.74 Å². The fraction of sp³-hybridized carbons (Fsp3) is 0.409. The van der Waals surface area contributed by atoms with Gasteiger partial charge >= 0.3 is 0 Å². The van der Waals surface area contributed by atoms with Crippen LogP contribution in [0.5, 0.6) is 5.75 Å². The number of hydrogen-bond donors (Lipinski definition) is 0. The summed E-state index contributed by atoms with van der Waals surface area (Å²) < 4.78 is 5.30. The first-order valence-corrected chi connectivity index (χ1v) is 9.39. The van der Waals surface area contributed by atoms with Crippen molar-refractivity contribution in [3.63, 3.8) is 0 Å². The fourth-order valence-electron chi connectivity index (χ4n) is 4.66. The first-order chi connectivity index (χ1) is 12.7. The normalized spacial score (nSPS) is 25.8. The predicted molar refractivity (Wildman–Crippen MR) is 103 cm³/mol. The van der Waals surface area contributed by atoms with Crippen molar-refractivity contribution in [2.24, 2.45) is 0 Å². The molecule has 4 rings (SSSR count). The highest BCUT2D eigenvalue weighted by atomic mass is 16.5. The highest BCUT2D eigenvalue weighted by Gasteiger charge is 2.47. The molecular weight excluding hydrogens is 324 g/mol. The van der Waals surface area contributed by atoms with E-state index in [0.717, 1.165) is 37.2 Å². The minimum atomic E-state index is 0.161. The molecule has 2 saturated heterocycles. The maximum absolute atomic E-state index is 13.2. The van der Waals surface area contributed by atoms with Crippen molar-refractivity contribution in [2.45, 2.75) is 30.8 Å². The van der Waals surface area contributed by atoms with Crippen LogP contribution in [0.1, 0.15) is 34.7 Å². The number of likely N-dealkylation sites (tertiary alicyclic amines) is 2. The molecule has 136 valence electrons. The van der Waals surface area contributed by atoms with E-state index in [2.05, 4.69) is 29.0 Å². The molecule has 2 aromatic carbocycles. The monoisotopic (exact) mass is 350 g/mol. The average molecular weight is 350 g/mol. The van der Waals surface area contributed by atoms with Crippen molar-refractivity contribution in [2.75, 3.05) is 27.2 Å². The molecular formula is C22H26N2O2. The van der Waals surface area contributed by atoms with Crippen LogP contribution >= 0.6 is 0 Å². The van der Waals surface area contributed by atoms with E-state index in [1.54, 1.807) is 7.11 Å². The van der Waals surface area contributed by atoms with Gasteiger partial charge in [0, 0.05) is 30.6 Å². The minimum Gasteiger partial charge on any atom is -0.497 e. The Morgan fingerprint density at radius 3 is 2.50 bits per heavy atom. The molecule has 2 aromatic rings. The molecule has 0 unspecified atom stereocenters. The van der Waals surface area contributed by atoms with Crippen LogP contribution in [0, 0.1) is 0 Å². The van der Waals surface area contributed by atoms with Crippen molar-refractivity contribution >= 4 is 5.91 Å². The third kappa shape index (κ3) is 2.99. The molecule has 2 heterocycles. The predicted octanol–water partition coefficient (Wildman–Crippen LogP) is 3.40. The fourth-order valence-corrected chi connectivity index (χ4v) is 4.66. The van der Waals surface area contributed by atoms with Crippen molar-refractivity contribution in [1.29, 1.82) is 0 Å². The van der Waals surface area contributed by atoms with Crippen LogP contribution in [0.25, 0.3) is 0 Å². The molecule has 2 fully saturated rings. The molecule has 26 heavy (non-hydrogen) atoms. The second-order valence-electron chi connectivity index (χ2n) is 7.38. The zero-order valence-corrected chi connectivity index (χ0v) is 15.5. The van der Waals surface area contributed by atoms with Crippen LogP contribution in [0.4, 0.5) is 0 Å². The smallest absolute Gasteiger partial charge is 0.254 e. The summed E-state index contributed by atoms with van der Waals surface area (Å²) in [5.41, 5.74) is 2.08. The molecule has 0 radical (unpaired) electrons. The summed E-state index contributed by atoms with van der Waals surface area (Å²) in [6.45, 7) is 1.83. The molecule has 0 bridgehead atoms. The quantitative estimate of drug-likeness (QED) is 0.851. The van der Waals surface area contributed by atoms with Crippen molar-refractivity contribution < 1.29 is 9.53 Å². The number of rotatable bonds is 3. The number of likely N-dealkylation sites (N-methyl/N-ethyl adjacent to an activating group) is 1. The summed E-state index contributed by atoms with van der Waals surface area (Å²) in [7, 11) is 3.88. The Morgan fingerprint density at radius 1 is 1.08 bits per heavy atom. The van der Waals surface area contributed by atoms with Crippen LogP contribution in [0.3, 0.4) is 0 Å². The average Bonchev–Trinajstić information content (AvgIpc) is 3.05. The number of amides is 1. The standard InChI is InChI=1S/C22H26N2O2/c1-23-15-19(16-10-12-18(26-2)13-11-16)21-20(23)9-6-14-24(21)22(25)17-7-4-3-5-8-17/h3-5,7-8,10-13,19-21H,6,9,14-15H2,1-2H3/t19-,20-,21-/m1/s1. The van der Waals surface area contributed by atoms with E-state index in [1.165, 1.54) is 5.56 Å². The van der Waals surface area contributed by atoms with E-state index in [4.69, 9.17) is 4.74 Å². The van der Waals surface area contributed by atoms with E-state index in [0.29, 0.717) is 12.0 Å². The molecule has 4 heteroatoms. The largest absolute Gasteiger partial charge is 0.497 e. The number of hydrogen-bond acceptors (Lipinski definition) is 3. The Hall–Kier alpha value is -2.33. The number of piperidine rings is 1. The van der Waals surface area contributed by atoms with Gasteiger partial charge in [-0.15, -0.1) is 0 Å². The Balaban J connectivity index is 1.66. The molecule has 0 N–H and O–H groups in total. The lowest BCUT2D eigenvalue weighted by molar-refractivity contribution is 0.0524. The Bertz CT molecular complexity index is 759. The van der Waals surface area contributed by atoms with Gasteiger partial charge in [0.05, 0.1) is 13.2 Å². The highest BCUT2D eigenvalue weighted by Crippen LogP contribution is 2.40. The van der Waals surface area contributed by atoms with Crippen molar-refractivity contribution in [3.8, 4) is 5.75 Å². The van der Waals surface area contributed by atoms with E-state index in [9.17, 15) is 4.79 Å². The van der Waals surface area contributed by atoms with Gasteiger partial charge in [-0.25, -0.2) is 0 Å². The van der Waals surface area contributed by atoms with Crippen LogP contribution in [0.2, 0.25) is 0 Å². The van der Waals surface area contributed by atoms with Gasteiger partial charge in [-0.1, -0.05) is 30.3 Å². The van der Waals surface area contributed by atoms with Crippen molar-refractivity contribution in [3.05, 3.63) is 65.7 Å². The lowest BCUT2D eigenvalue weighted by Crippen LogP contribution is -2.52. The SMILES string of the molecule is COc1ccc([C@H]2CN(C)[C@@H]3CCCN(C(=O)c4ccccc4)[C@H]23)cc1. The molecule has 2 aliphatic heterocycles. The maximum atomic E-state index is 13.2. The first kappa shape index (κ1) is 17.1. The highest BCUT2D eigenvalue weighted by molar-refractivity contribution is 5.94. The molecule has 0 aliphatic carbocycles. The Labute approximate surface area is 155 Å². The molecule has 0 saturated carbocycles. The van der Waals surface area contributed by atoms with E-state index in [-0.39, 0.29) is 11.9 Å². The van der Waals surface area contributed by atoms with Gasteiger partial charge < -0.3 is 14.5 Å². The van der Waals surface area contributed by atoms with Crippen LogP contribution in [0.15, 0.2) is 54.6 Å². The minimum absolute atomic E-state index is 0.161. The zero-order chi connectivity index (χ0) is 18.1. The summed E-state index contributed by atoms with van der Waals surface area (Å²) in [6, 6.07) is 18.7. The number of carbonyl (C=O) groups excluding carboxylic acids is 1. The topological polar surface area (TPSA) is 32.8 Å². The van der Waals surface area contributed by atoms with Crippen molar-refractivity contribution in [1.82, 2.24) is 9.80 Å². The summed E-state index contributed by atoms with van der Waals surface area (Å²) in [5, 5.41) is 0. The summed E-state index contributed by atoms with van der Waals surface area (Å²) in [4.78, 5) is 17.8. The summed E-state index contributed by atoms with van der Waals surface area (Å²) in [6.07, 6.45) is 2.23. The van der Waals surface area contributed by atoms with E-state index in [1.807, 2.05) is 42.5 Å². The number of carbonyl (C=O) groups is 1. The summed E-state index contributed by atoms with van der Waals surface area (Å²) in [5.74, 6) is 1.37. The number of ether oxygens (including phenoxy) is 1. The van der Waals surface area contributed by atoms with Gasteiger partial charge in [0.15, 0.2) is 0 Å². The van der Waals surface area contributed by atoms with Gasteiger partial charge in [0.25, 0.3) is 5.91 Å². The molecule has 0 spiro atoms. The van der Waals surface area contributed by atoms with E-state index >= 15 is 0 Å². The summed E-state index contributed by atoms with van der Waals surface area (Å²) >= 11 is 0. The third-order valence-electron chi connectivity index (χ3n) is 5.94. The molecule has 0 aromatic heterocycles. The van der Waals surface area contributed by atoms with Gasteiger partial charge in [-0.3, -0.25) is 4.79 Å². The Morgan fingerprint density at radius 2 is 1.81 bits per heavy atom. The maximum Gasteiger partial charge on any atom is 0.254 e. The lowest BCUT2D eigenvalue weighted by Gasteiger charge is -2.41. The van der Waals surface area contributed by atoms with Gasteiger partial charge in [-0.2, -0.15) is 0 Å². The van der Waals surface area contributed by atoms with E-state index < -0.39 is 0 Å². The lowest BCUT2D eigenvalue weighted by atomic mass is 9.85. The second-order valence-corrected chi connectivity index (χ2v) is 7.38. The number of nitrogens with zero attached hydrogens (tertiary/aromatic N) is 2. The second kappa shape index (κ2) is 7.12. The third-order valence-corrected chi connectivity index (χ3v) is 5.94. The molecule has 2 aliphatic rings. The molecule has 1 amide bonds. The Kier molecular flexibility index (Phi) is 4.68. The zero-order valence-electron chi connectivity index (χ0n) is 15.5. The molecule has 4 nitrogen and oxygen atoms in total. The van der Waals surface area contributed by atoms with Crippen LogP contribution in [-0.4, -0.2) is 55.0 Å². The number of methoxy groups -OCH3 is 1. The number of benzene rings is 2. The van der Waals surface area contributed by atoms with Crippen LogP contribution in [-0.2, 0) is 0 Å². The van der Waals surface area contributed by atoms with Gasteiger partial charge in [0.1, 0.15) is 5.75 Å². The number of fused-ring (bicyclic) bond motifs is 1. The van der Waals surface area contributed by atoms with Gasteiger partial charge in [-0.05, 0) is 49.7 Å². The first-order valence-electron chi connectivity index (χ1n) is 9.39.